The Balaban J connectivity index is 1.62. The Morgan fingerprint density at radius 1 is 1.10 bits per heavy atom. The van der Waals surface area contributed by atoms with E-state index in [1.807, 2.05) is 0 Å². The molecule has 12 heteroatoms. The zero-order valence-corrected chi connectivity index (χ0v) is 17.4. The number of carbonyl (C=O) groups is 2. The fraction of sp³-hybridized carbons (Fsp3) is 0.158. The van der Waals surface area contributed by atoms with Crippen molar-refractivity contribution >= 4 is 40.6 Å². The van der Waals surface area contributed by atoms with Gasteiger partial charge in [-0.1, -0.05) is 29.8 Å². The van der Waals surface area contributed by atoms with Gasteiger partial charge in [-0.15, -0.1) is 11.3 Å². The van der Waals surface area contributed by atoms with E-state index in [1.165, 1.54) is 6.20 Å². The maximum Gasteiger partial charge on any atom is 0.418 e. The molecular weight excluding hydrogens is 455 g/mol. The van der Waals surface area contributed by atoms with Crippen molar-refractivity contribution in [1.29, 1.82) is 0 Å². The number of alkyl halides is 3. The number of halogens is 4. The van der Waals surface area contributed by atoms with E-state index in [9.17, 15) is 22.8 Å². The number of pyridine rings is 1. The van der Waals surface area contributed by atoms with Crippen LogP contribution in [-0.2, 0) is 6.18 Å². The van der Waals surface area contributed by atoms with Crippen molar-refractivity contribution in [2.45, 2.75) is 19.1 Å². The minimum absolute atomic E-state index is 0.156. The summed E-state index contributed by atoms with van der Waals surface area (Å²) < 4.78 is 38.8. The molecule has 0 bridgehead atoms. The van der Waals surface area contributed by atoms with Gasteiger partial charge >= 0.3 is 6.18 Å². The smallest absolute Gasteiger partial charge is 0.306 e. The highest BCUT2D eigenvalue weighted by Crippen LogP contribution is 2.35. The van der Waals surface area contributed by atoms with Crippen LogP contribution in [0.25, 0.3) is 0 Å². The summed E-state index contributed by atoms with van der Waals surface area (Å²) in [5, 5.41) is 2.21. The molecule has 0 aliphatic carbocycles. The van der Waals surface area contributed by atoms with Crippen molar-refractivity contribution in [2.75, 3.05) is 5.32 Å². The lowest BCUT2D eigenvalue weighted by molar-refractivity contribution is -0.137. The van der Waals surface area contributed by atoms with Crippen molar-refractivity contribution in [3.63, 3.8) is 0 Å². The number of hydrogen-bond donors (Lipinski definition) is 3. The molecule has 3 rings (SSSR count). The maximum absolute atomic E-state index is 12.9. The van der Waals surface area contributed by atoms with E-state index in [2.05, 4.69) is 26.1 Å². The first-order valence-electron chi connectivity index (χ1n) is 8.76. The predicted molar refractivity (Wildman–Crippen MR) is 110 cm³/mol. The quantitative estimate of drug-likeness (QED) is 0.463. The lowest BCUT2D eigenvalue weighted by Gasteiger charge is -2.12. The van der Waals surface area contributed by atoms with Crippen LogP contribution < -0.4 is 16.2 Å². The van der Waals surface area contributed by atoms with Gasteiger partial charge in [0.25, 0.3) is 11.8 Å². The number of hydrazine groups is 1. The molecule has 0 radical (unpaired) electrons. The number of carbonyl (C=O) groups excluding carboxylic acids is 2. The summed E-state index contributed by atoms with van der Waals surface area (Å²) in [6.07, 6.45) is -2.57. The molecule has 0 saturated carbocycles. The average molecular weight is 470 g/mol. The van der Waals surface area contributed by atoms with Crippen LogP contribution in [0.1, 0.15) is 43.6 Å². The minimum atomic E-state index is -4.68. The molecule has 0 unspecified atom stereocenters. The average Bonchev–Trinajstić information content (AvgIpc) is 3.23. The predicted octanol–water partition coefficient (Wildman–Crippen LogP) is 4.46. The van der Waals surface area contributed by atoms with E-state index >= 15 is 0 Å². The SMILES string of the molecule is C[C@H](NNC(=O)c1ccccc1)c1ncc(C(=O)Nc2cc(C(F)(F)F)c(Cl)cn2)s1. The lowest BCUT2D eigenvalue weighted by atomic mass is 10.2. The minimum Gasteiger partial charge on any atom is -0.306 e. The number of nitrogens with one attached hydrogen (secondary N) is 3. The maximum atomic E-state index is 12.9. The molecule has 1 atom stereocenters. The van der Waals surface area contributed by atoms with Crippen LogP contribution in [0, 0.1) is 0 Å². The van der Waals surface area contributed by atoms with Gasteiger partial charge in [0.1, 0.15) is 15.7 Å². The lowest BCUT2D eigenvalue weighted by Crippen LogP contribution is -2.38. The van der Waals surface area contributed by atoms with E-state index in [4.69, 9.17) is 11.6 Å². The zero-order chi connectivity index (χ0) is 22.6. The number of amides is 2. The molecular formula is C19H15ClF3N5O2S. The normalized spacial score (nSPS) is 12.3. The molecule has 7 nitrogen and oxygen atoms in total. The number of hydrogen-bond acceptors (Lipinski definition) is 6. The van der Waals surface area contributed by atoms with Crippen LogP contribution in [0.5, 0.6) is 0 Å². The van der Waals surface area contributed by atoms with Gasteiger partial charge in [0, 0.05) is 11.8 Å². The summed E-state index contributed by atoms with van der Waals surface area (Å²) in [4.78, 5) is 32.4. The van der Waals surface area contributed by atoms with Crippen LogP contribution in [0.4, 0.5) is 19.0 Å². The summed E-state index contributed by atoms with van der Waals surface area (Å²) in [6, 6.07) is 8.80. The summed E-state index contributed by atoms with van der Waals surface area (Å²) in [6.45, 7) is 1.72. The largest absolute Gasteiger partial charge is 0.418 e. The summed E-state index contributed by atoms with van der Waals surface area (Å²) >= 11 is 6.54. The molecule has 0 saturated heterocycles. The molecule has 2 heterocycles. The molecule has 3 aromatic rings. The molecule has 0 fully saturated rings. The molecule has 2 aromatic heterocycles. The second kappa shape index (κ2) is 9.41. The number of aromatic nitrogens is 2. The van der Waals surface area contributed by atoms with Crippen LogP contribution in [0.2, 0.25) is 5.02 Å². The first-order valence-corrected chi connectivity index (χ1v) is 9.95. The second-order valence-corrected chi connectivity index (χ2v) is 7.72. The Labute approximate surface area is 183 Å². The Hall–Kier alpha value is -3.02. The van der Waals surface area contributed by atoms with Crippen molar-refractivity contribution < 1.29 is 22.8 Å². The Kier molecular flexibility index (Phi) is 6.88. The zero-order valence-electron chi connectivity index (χ0n) is 15.8. The summed E-state index contributed by atoms with van der Waals surface area (Å²) in [5.41, 5.74) is 4.71. The second-order valence-electron chi connectivity index (χ2n) is 6.25. The fourth-order valence-corrected chi connectivity index (χ4v) is 3.42. The van der Waals surface area contributed by atoms with Crippen LogP contribution in [0.3, 0.4) is 0 Å². The van der Waals surface area contributed by atoms with Crippen LogP contribution in [-0.4, -0.2) is 21.8 Å². The number of benzene rings is 1. The van der Waals surface area contributed by atoms with Gasteiger partial charge in [0.15, 0.2) is 0 Å². The van der Waals surface area contributed by atoms with Gasteiger partial charge in [-0.25, -0.2) is 15.4 Å². The third-order valence-electron chi connectivity index (χ3n) is 3.96. The molecule has 162 valence electrons. The van der Waals surface area contributed by atoms with Crippen molar-refractivity contribution in [3.05, 3.63) is 74.8 Å². The highest BCUT2D eigenvalue weighted by atomic mass is 35.5. The Bertz CT molecular complexity index is 1090. The Morgan fingerprint density at radius 2 is 1.81 bits per heavy atom. The van der Waals surface area contributed by atoms with Gasteiger partial charge in [-0.05, 0) is 25.1 Å². The molecule has 1 aromatic carbocycles. The van der Waals surface area contributed by atoms with Crippen LogP contribution >= 0.6 is 22.9 Å². The van der Waals surface area contributed by atoms with Gasteiger partial charge in [-0.3, -0.25) is 15.0 Å². The van der Waals surface area contributed by atoms with E-state index in [0.717, 1.165) is 17.5 Å². The number of anilines is 1. The highest BCUT2D eigenvalue weighted by molar-refractivity contribution is 7.13. The molecule has 0 aliphatic rings. The van der Waals surface area contributed by atoms with Gasteiger partial charge in [-0.2, -0.15) is 13.2 Å². The fourth-order valence-electron chi connectivity index (χ4n) is 2.39. The topological polar surface area (TPSA) is 96.0 Å². The van der Waals surface area contributed by atoms with Crippen molar-refractivity contribution in [3.8, 4) is 0 Å². The number of nitrogens with zero attached hydrogens (tertiary/aromatic N) is 2. The first-order chi connectivity index (χ1) is 14.6. The van der Waals surface area contributed by atoms with E-state index in [0.29, 0.717) is 16.6 Å². The van der Waals surface area contributed by atoms with Crippen molar-refractivity contribution in [1.82, 2.24) is 20.8 Å². The summed E-state index contributed by atoms with van der Waals surface area (Å²) in [5.74, 6) is -1.30. The van der Waals surface area contributed by atoms with Gasteiger partial charge < -0.3 is 5.32 Å². The van der Waals surface area contributed by atoms with E-state index < -0.39 is 28.7 Å². The third-order valence-corrected chi connectivity index (χ3v) is 5.44. The molecule has 31 heavy (non-hydrogen) atoms. The standard InChI is InChI=1S/C19H15ClF3N5O2S/c1-10(27-28-16(29)11-5-3-2-4-6-11)18-25-9-14(31-18)17(30)26-15-7-12(19(21,22)23)13(20)8-24-15/h2-10,27H,1H3,(H,28,29)(H,24,26,30)/t10-/m0/s1. The first kappa shape index (κ1) is 22.7. The molecule has 0 spiro atoms. The van der Waals surface area contributed by atoms with Crippen LogP contribution in [0.15, 0.2) is 48.8 Å². The number of rotatable bonds is 6. The van der Waals surface area contributed by atoms with E-state index in [-0.39, 0.29) is 16.6 Å². The molecule has 3 N–H and O–H groups in total. The highest BCUT2D eigenvalue weighted by Gasteiger charge is 2.34. The van der Waals surface area contributed by atoms with E-state index in [1.54, 1.807) is 37.3 Å². The monoisotopic (exact) mass is 469 g/mol. The summed E-state index contributed by atoms with van der Waals surface area (Å²) in [7, 11) is 0. The van der Waals surface area contributed by atoms with Crippen molar-refractivity contribution in [2.24, 2.45) is 0 Å². The van der Waals surface area contributed by atoms with Gasteiger partial charge in [0.2, 0.25) is 0 Å². The molecule has 2 amide bonds. The third kappa shape index (κ3) is 5.78. The number of thiazole rings is 1. The molecule has 0 aliphatic heterocycles. The van der Waals surface area contributed by atoms with Gasteiger partial charge in [0.05, 0.1) is 22.8 Å². The Morgan fingerprint density at radius 3 is 2.48 bits per heavy atom.